The average molecular weight is 300 g/mol. The van der Waals surface area contributed by atoms with Gasteiger partial charge in [0.1, 0.15) is 5.15 Å². The third-order valence-electron chi connectivity index (χ3n) is 4.60. The molecule has 6 heteroatoms. The van der Waals surface area contributed by atoms with Crippen molar-refractivity contribution in [1.29, 1.82) is 0 Å². The van der Waals surface area contributed by atoms with Crippen LogP contribution in [0.2, 0.25) is 5.15 Å². The molecule has 0 atom stereocenters. The number of carboxylic acid groups (broad SMARTS) is 1. The molecular formula is C14H22ClN3O2. The van der Waals surface area contributed by atoms with Crippen molar-refractivity contribution in [3.05, 3.63) is 16.4 Å². The molecule has 0 amide bonds. The smallest absolute Gasteiger partial charge is 0.309 e. The summed E-state index contributed by atoms with van der Waals surface area (Å²) >= 11 is 6.25. The van der Waals surface area contributed by atoms with Crippen LogP contribution in [0.4, 0.5) is 0 Å². The lowest BCUT2D eigenvalue weighted by atomic mass is 9.76. The molecule has 1 fully saturated rings. The van der Waals surface area contributed by atoms with E-state index in [0.29, 0.717) is 24.4 Å². The second-order valence-electron chi connectivity index (χ2n) is 5.69. The molecule has 1 aliphatic heterocycles. The quantitative estimate of drug-likeness (QED) is 0.928. The SMILES string of the molecule is CCC1(C(=O)O)CCN(Cc2c(C)nn(C)c2Cl)CC1. The zero-order chi connectivity index (χ0) is 14.9. The Labute approximate surface area is 124 Å². The number of aliphatic carboxylic acids is 1. The molecule has 1 aliphatic rings. The largest absolute Gasteiger partial charge is 0.481 e. The van der Waals surface area contributed by atoms with Gasteiger partial charge in [0.15, 0.2) is 0 Å². The molecule has 2 rings (SSSR count). The zero-order valence-corrected chi connectivity index (χ0v) is 13.1. The number of hydrogen-bond donors (Lipinski definition) is 1. The van der Waals surface area contributed by atoms with E-state index in [4.69, 9.17) is 11.6 Å². The number of likely N-dealkylation sites (tertiary alicyclic amines) is 1. The second-order valence-corrected chi connectivity index (χ2v) is 6.05. The monoisotopic (exact) mass is 299 g/mol. The van der Waals surface area contributed by atoms with Gasteiger partial charge in [-0.3, -0.25) is 14.4 Å². The van der Waals surface area contributed by atoms with Crippen LogP contribution < -0.4 is 0 Å². The molecule has 20 heavy (non-hydrogen) atoms. The summed E-state index contributed by atoms with van der Waals surface area (Å²) in [5, 5.41) is 14.4. The highest BCUT2D eigenvalue weighted by Gasteiger charge is 2.39. The highest BCUT2D eigenvalue weighted by Crippen LogP contribution is 2.36. The number of aryl methyl sites for hydroxylation is 2. The van der Waals surface area contributed by atoms with Crippen LogP contribution in [-0.2, 0) is 18.4 Å². The summed E-state index contributed by atoms with van der Waals surface area (Å²) in [6.07, 6.45) is 2.11. The minimum absolute atomic E-state index is 0.537. The van der Waals surface area contributed by atoms with Crippen LogP contribution in [0.3, 0.4) is 0 Å². The lowest BCUT2D eigenvalue weighted by molar-refractivity contribution is -0.152. The van der Waals surface area contributed by atoms with Gasteiger partial charge in [0.2, 0.25) is 0 Å². The average Bonchev–Trinajstić information content (AvgIpc) is 2.66. The van der Waals surface area contributed by atoms with Crippen molar-refractivity contribution in [1.82, 2.24) is 14.7 Å². The van der Waals surface area contributed by atoms with Crippen LogP contribution >= 0.6 is 11.6 Å². The number of carboxylic acids is 1. The number of rotatable bonds is 4. The summed E-state index contributed by atoms with van der Waals surface area (Å²) in [4.78, 5) is 13.7. The van der Waals surface area contributed by atoms with Crippen molar-refractivity contribution in [3.8, 4) is 0 Å². The third kappa shape index (κ3) is 2.69. The maximum absolute atomic E-state index is 11.4. The van der Waals surface area contributed by atoms with Crippen molar-refractivity contribution < 1.29 is 9.90 Å². The molecule has 2 heterocycles. The predicted octanol–water partition coefficient (Wildman–Crippen LogP) is 2.46. The van der Waals surface area contributed by atoms with Gasteiger partial charge in [0, 0.05) is 19.2 Å². The topological polar surface area (TPSA) is 58.4 Å². The van der Waals surface area contributed by atoms with E-state index < -0.39 is 11.4 Å². The number of aromatic nitrogens is 2. The van der Waals surface area contributed by atoms with E-state index in [9.17, 15) is 9.90 Å². The maximum atomic E-state index is 11.4. The summed E-state index contributed by atoms with van der Waals surface area (Å²) in [5.41, 5.74) is 1.46. The van der Waals surface area contributed by atoms with Gasteiger partial charge in [-0.05, 0) is 39.3 Å². The van der Waals surface area contributed by atoms with Gasteiger partial charge in [0.05, 0.1) is 11.1 Å². The van der Waals surface area contributed by atoms with Crippen molar-refractivity contribution in [2.45, 2.75) is 39.7 Å². The molecular weight excluding hydrogens is 278 g/mol. The molecule has 0 radical (unpaired) electrons. The van der Waals surface area contributed by atoms with Gasteiger partial charge in [-0.15, -0.1) is 0 Å². The first-order valence-corrected chi connectivity index (χ1v) is 7.41. The molecule has 1 aromatic rings. The van der Waals surface area contributed by atoms with Crippen LogP contribution in [0.5, 0.6) is 0 Å². The number of carbonyl (C=O) groups is 1. The summed E-state index contributed by atoms with van der Waals surface area (Å²) in [6.45, 7) is 6.26. The molecule has 0 spiro atoms. The molecule has 1 aromatic heterocycles. The van der Waals surface area contributed by atoms with Gasteiger partial charge in [0.25, 0.3) is 0 Å². The zero-order valence-electron chi connectivity index (χ0n) is 12.3. The third-order valence-corrected chi connectivity index (χ3v) is 5.07. The first-order valence-electron chi connectivity index (χ1n) is 7.03. The molecule has 0 bridgehead atoms. The Kier molecular flexibility index (Phi) is 4.39. The molecule has 1 saturated heterocycles. The standard InChI is InChI=1S/C14H22ClN3O2/c1-4-14(13(19)20)5-7-18(8-6-14)9-11-10(2)16-17(3)12(11)15/h4-9H2,1-3H3,(H,19,20). The van der Waals surface area contributed by atoms with Gasteiger partial charge in [-0.2, -0.15) is 5.10 Å². The van der Waals surface area contributed by atoms with E-state index in [2.05, 4.69) is 10.00 Å². The van der Waals surface area contributed by atoms with E-state index in [-0.39, 0.29) is 0 Å². The van der Waals surface area contributed by atoms with Crippen molar-refractivity contribution in [2.75, 3.05) is 13.1 Å². The van der Waals surface area contributed by atoms with Gasteiger partial charge in [-0.25, -0.2) is 0 Å². The number of halogens is 1. The number of piperidine rings is 1. The van der Waals surface area contributed by atoms with Crippen LogP contribution in [0.1, 0.15) is 37.4 Å². The molecule has 0 saturated carbocycles. The van der Waals surface area contributed by atoms with Crippen LogP contribution in [0.15, 0.2) is 0 Å². The molecule has 1 N–H and O–H groups in total. The first kappa shape index (κ1) is 15.3. The van der Waals surface area contributed by atoms with Gasteiger partial charge < -0.3 is 5.11 Å². The fourth-order valence-corrected chi connectivity index (χ4v) is 3.17. The summed E-state index contributed by atoms with van der Waals surface area (Å²) in [5.74, 6) is -0.657. The molecule has 0 aliphatic carbocycles. The van der Waals surface area contributed by atoms with E-state index in [1.165, 1.54) is 0 Å². The van der Waals surface area contributed by atoms with Crippen LogP contribution in [0.25, 0.3) is 0 Å². The fraction of sp³-hybridized carbons (Fsp3) is 0.714. The summed E-state index contributed by atoms with van der Waals surface area (Å²) < 4.78 is 1.68. The Bertz CT molecular complexity index is 505. The Balaban J connectivity index is 2.03. The molecule has 5 nitrogen and oxygen atoms in total. The van der Waals surface area contributed by atoms with E-state index in [1.807, 2.05) is 20.9 Å². The second kappa shape index (κ2) is 5.74. The number of nitrogens with zero attached hydrogens (tertiary/aromatic N) is 3. The number of hydrogen-bond acceptors (Lipinski definition) is 3. The van der Waals surface area contributed by atoms with Crippen LogP contribution in [0, 0.1) is 12.3 Å². The minimum atomic E-state index is -0.657. The fourth-order valence-electron chi connectivity index (χ4n) is 2.93. The van der Waals surface area contributed by atoms with E-state index in [1.54, 1.807) is 4.68 Å². The Morgan fingerprint density at radius 3 is 2.45 bits per heavy atom. The predicted molar refractivity (Wildman–Crippen MR) is 77.8 cm³/mol. The molecule has 0 aromatic carbocycles. The lowest BCUT2D eigenvalue weighted by Crippen LogP contribution is -2.43. The molecule has 0 unspecified atom stereocenters. The Morgan fingerprint density at radius 2 is 2.05 bits per heavy atom. The normalized spacial score (nSPS) is 19.2. The Hall–Kier alpha value is -1.07. The van der Waals surface area contributed by atoms with Crippen LogP contribution in [-0.4, -0.2) is 38.8 Å². The molecule has 112 valence electrons. The highest BCUT2D eigenvalue weighted by molar-refractivity contribution is 6.30. The minimum Gasteiger partial charge on any atom is -0.481 e. The highest BCUT2D eigenvalue weighted by atomic mass is 35.5. The van der Waals surface area contributed by atoms with Crippen molar-refractivity contribution in [3.63, 3.8) is 0 Å². The van der Waals surface area contributed by atoms with Crippen molar-refractivity contribution >= 4 is 17.6 Å². The Morgan fingerprint density at radius 1 is 1.45 bits per heavy atom. The van der Waals surface area contributed by atoms with Crippen molar-refractivity contribution in [2.24, 2.45) is 12.5 Å². The van der Waals surface area contributed by atoms with Gasteiger partial charge >= 0.3 is 5.97 Å². The van der Waals surface area contributed by atoms with E-state index in [0.717, 1.165) is 30.9 Å². The summed E-state index contributed by atoms with van der Waals surface area (Å²) in [6, 6.07) is 0. The maximum Gasteiger partial charge on any atom is 0.309 e. The summed E-state index contributed by atoms with van der Waals surface area (Å²) in [7, 11) is 1.83. The lowest BCUT2D eigenvalue weighted by Gasteiger charge is -2.38. The van der Waals surface area contributed by atoms with Gasteiger partial charge in [-0.1, -0.05) is 18.5 Å². The van der Waals surface area contributed by atoms with E-state index >= 15 is 0 Å². The first-order chi connectivity index (χ1) is 9.39.